The third-order valence-electron chi connectivity index (χ3n) is 5.13. The monoisotopic (exact) mass is 373 g/mol. The summed E-state index contributed by atoms with van der Waals surface area (Å²) in [5.74, 6) is -1.59. The Morgan fingerprint density at radius 3 is 1.96 bits per heavy atom. The van der Waals surface area contributed by atoms with E-state index in [0.29, 0.717) is 5.56 Å². The van der Waals surface area contributed by atoms with Crippen LogP contribution in [0.25, 0.3) is 11.1 Å². The molecule has 0 bridgehead atoms. The smallest absolute Gasteiger partial charge is 0.335 e. The van der Waals surface area contributed by atoms with E-state index in [4.69, 9.17) is 15.6 Å². The zero-order chi connectivity index (χ0) is 19.7. The highest BCUT2D eigenvalue weighted by atomic mass is 16.5. The van der Waals surface area contributed by atoms with Crippen LogP contribution in [0.4, 0.5) is 0 Å². The normalized spacial score (nSPS) is 13.5. The van der Waals surface area contributed by atoms with E-state index >= 15 is 0 Å². The number of benzene rings is 3. The molecule has 140 valence electrons. The standard InChI is InChI=1S/C23H19NO4/c24-21(14-9-11-15(12-10-14)22(25)26)23(27)28-13-20-18-7-3-1-5-16(18)17-6-2-4-8-19(17)20/h1-12,20-21H,13,24H2,(H,25,26)/t21-/m1/s1. The van der Waals surface area contributed by atoms with Crippen molar-refractivity contribution in [1.82, 2.24) is 0 Å². The van der Waals surface area contributed by atoms with Crippen LogP contribution in [-0.4, -0.2) is 23.7 Å². The van der Waals surface area contributed by atoms with Gasteiger partial charge in [0.1, 0.15) is 12.6 Å². The fourth-order valence-corrected chi connectivity index (χ4v) is 3.66. The number of aromatic carboxylic acids is 1. The van der Waals surface area contributed by atoms with Crippen molar-refractivity contribution < 1.29 is 19.4 Å². The minimum atomic E-state index is -1.03. The lowest BCUT2D eigenvalue weighted by atomic mass is 9.98. The summed E-state index contributed by atoms with van der Waals surface area (Å²) in [6, 6.07) is 21.2. The summed E-state index contributed by atoms with van der Waals surface area (Å²) >= 11 is 0. The van der Waals surface area contributed by atoms with Crippen molar-refractivity contribution in [1.29, 1.82) is 0 Å². The van der Waals surface area contributed by atoms with Crippen molar-refractivity contribution in [2.45, 2.75) is 12.0 Å². The molecule has 28 heavy (non-hydrogen) atoms. The lowest BCUT2D eigenvalue weighted by molar-refractivity contribution is -0.145. The van der Waals surface area contributed by atoms with E-state index in [-0.39, 0.29) is 18.1 Å². The molecule has 0 saturated heterocycles. The van der Waals surface area contributed by atoms with Crippen LogP contribution in [0.15, 0.2) is 72.8 Å². The first kappa shape index (κ1) is 17.9. The van der Waals surface area contributed by atoms with Gasteiger partial charge >= 0.3 is 11.9 Å². The third-order valence-corrected chi connectivity index (χ3v) is 5.13. The number of hydrogen-bond donors (Lipinski definition) is 2. The van der Waals surface area contributed by atoms with Crippen molar-refractivity contribution in [3.63, 3.8) is 0 Å². The molecule has 1 aliphatic carbocycles. The van der Waals surface area contributed by atoms with Gasteiger partial charge in [0.2, 0.25) is 0 Å². The summed E-state index contributed by atoms with van der Waals surface area (Å²) in [5.41, 5.74) is 11.3. The summed E-state index contributed by atoms with van der Waals surface area (Å²) in [6.07, 6.45) is 0. The molecule has 3 aromatic rings. The lowest BCUT2D eigenvalue weighted by Gasteiger charge is -2.17. The maximum absolute atomic E-state index is 12.5. The molecule has 0 radical (unpaired) electrons. The Balaban J connectivity index is 1.50. The largest absolute Gasteiger partial charge is 0.478 e. The quantitative estimate of drug-likeness (QED) is 0.665. The summed E-state index contributed by atoms with van der Waals surface area (Å²) in [4.78, 5) is 23.4. The molecule has 1 atom stereocenters. The molecule has 0 unspecified atom stereocenters. The number of nitrogens with two attached hydrogens (primary N) is 1. The van der Waals surface area contributed by atoms with Crippen molar-refractivity contribution in [3.8, 4) is 11.1 Å². The zero-order valence-corrected chi connectivity index (χ0v) is 15.0. The molecule has 0 spiro atoms. The summed E-state index contributed by atoms with van der Waals surface area (Å²) in [5, 5.41) is 8.97. The van der Waals surface area contributed by atoms with Gasteiger partial charge in [-0.25, -0.2) is 9.59 Å². The number of carboxylic acid groups (broad SMARTS) is 1. The number of ether oxygens (including phenoxy) is 1. The highest BCUT2D eigenvalue weighted by Crippen LogP contribution is 2.44. The van der Waals surface area contributed by atoms with Crippen molar-refractivity contribution >= 4 is 11.9 Å². The van der Waals surface area contributed by atoms with E-state index in [0.717, 1.165) is 22.3 Å². The van der Waals surface area contributed by atoms with Gasteiger partial charge in [0, 0.05) is 5.92 Å². The Labute approximate surface area is 162 Å². The highest BCUT2D eigenvalue weighted by molar-refractivity contribution is 5.88. The molecule has 4 rings (SSSR count). The average Bonchev–Trinajstić information content (AvgIpc) is 3.05. The number of hydrogen-bond acceptors (Lipinski definition) is 4. The van der Waals surface area contributed by atoms with Crippen LogP contribution >= 0.6 is 0 Å². The molecule has 1 aliphatic rings. The van der Waals surface area contributed by atoms with Gasteiger partial charge in [0.05, 0.1) is 5.56 Å². The Morgan fingerprint density at radius 2 is 1.43 bits per heavy atom. The second kappa shape index (κ2) is 7.29. The number of carbonyl (C=O) groups is 2. The van der Waals surface area contributed by atoms with Gasteiger partial charge in [-0.3, -0.25) is 0 Å². The van der Waals surface area contributed by atoms with Gasteiger partial charge in [-0.15, -0.1) is 0 Å². The molecule has 0 saturated carbocycles. The van der Waals surface area contributed by atoms with E-state index in [1.807, 2.05) is 24.3 Å². The van der Waals surface area contributed by atoms with Gasteiger partial charge in [0.25, 0.3) is 0 Å². The predicted octanol–water partition coefficient (Wildman–Crippen LogP) is 3.74. The van der Waals surface area contributed by atoms with E-state index in [1.165, 1.54) is 24.3 Å². The van der Waals surface area contributed by atoms with E-state index in [1.54, 1.807) is 0 Å². The van der Waals surface area contributed by atoms with Crippen molar-refractivity contribution in [3.05, 3.63) is 95.1 Å². The molecular weight excluding hydrogens is 354 g/mol. The fourth-order valence-electron chi connectivity index (χ4n) is 3.66. The SMILES string of the molecule is N[C@@H](C(=O)OCC1c2ccccc2-c2ccccc21)c1ccc(C(=O)O)cc1. The number of carbonyl (C=O) groups excluding carboxylic acids is 1. The molecular formula is C23H19NO4. The second-order valence-electron chi connectivity index (χ2n) is 6.76. The van der Waals surface area contributed by atoms with Crippen molar-refractivity contribution in [2.24, 2.45) is 5.73 Å². The first-order valence-corrected chi connectivity index (χ1v) is 9.00. The second-order valence-corrected chi connectivity index (χ2v) is 6.76. The molecule has 3 aromatic carbocycles. The summed E-state index contributed by atoms with van der Waals surface area (Å²) in [7, 11) is 0. The van der Waals surface area contributed by atoms with Crippen LogP contribution in [0.5, 0.6) is 0 Å². The van der Waals surface area contributed by atoms with E-state index in [9.17, 15) is 9.59 Å². The number of rotatable bonds is 5. The molecule has 0 fully saturated rings. The van der Waals surface area contributed by atoms with Crippen LogP contribution < -0.4 is 5.73 Å². The van der Waals surface area contributed by atoms with Crippen LogP contribution in [-0.2, 0) is 9.53 Å². The number of carboxylic acids is 1. The van der Waals surface area contributed by atoms with Gasteiger partial charge in [-0.05, 0) is 39.9 Å². The summed E-state index contributed by atoms with van der Waals surface area (Å²) < 4.78 is 5.55. The minimum absolute atomic E-state index is 0.0297. The molecule has 0 aromatic heterocycles. The van der Waals surface area contributed by atoms with Crippen LogP contribution in [0.1, 0.15) is 39.0 Å². The molecule has 0 heterocycles. The Morgan fingerprint density at radius 1 is 0.893 bits per heavy atom. The molecule has 5 nitrogen and oxygen atoms in total. The average molecular weight is 373 g/mol. The Hall–Kier alpha value is -3.44. The fraction of sp³-hybridized carbons (Fsp3) is 0.130. The molecule has 0 amide bonds. The zero-order valence-electron chi connectivity index (χ0n) is 15.0. The van der Waals surface area contributed by atoms with Gasteiger partial charge in [-0.2, -0.15) is 0 Å². The number of esters is 1. The van der Waals surface area contributed by atoms with Gasteiger partial charge in [0.15, 0.2) is 0 Å². The Bertz CT molecular complexity index is 997. The summed E-state index contributed by atoms with van der Waals surface area (Å²) in [6.45, 7) is 0.202. The third kappa shape index (κ3) is 3.17. The predicted molar refractivity (Wildman–Crippen MR) is 105 cm³/mol. The topological polar surface area (TPSA) is 89.6 Å². The first-order chi connectivity index (χ1) is 13.6. The lowest BCUT2D eigenvalue weighted by Crippen LogP contribution is -2.25. The Kier molecular flexibility index (Phi) is 4.67. The van der Waals surface area contributed by atoms with Gasteiger partial charge < -0.3 is 15.6 Å². The molecule has 5 heteroatoms. The molecule has 0 aliphatic heterocycles. The molecule has 3 N–H and O–H groups in total. The maximum Gasteiger partial charge on any atom is 0.335 e. The highest BCUT2D eigenvalue weighted by Gasteiger charge is 2.29. The van der Waals surface area contributed by atoms with Crippen LogP contribution in [0.3, 0.4) is 0 Å². The van der Waals surface area contributed by atoms with Crippen molar-refractivity contribution in [2.75, 3.05) is 6.61 Å². The van der Waals surface area contributed by atoms with E-state index in [2.05, 4.69) is 24.3 Å². The van der Waals surface area contributed by atoms with Crippen LogP contribution in [0.2, 0.25) is 0 Å². The first-order valence-electron chi connectivity index (χ1n) is 9.00. The number of fused-ring (bicyclic) bond motifs is 3. The van der Waals surface area contributed by atoms with Crippen LogP contribution in [0, 0.1) is 0 Å². The van der Waals surface area contributed by atoms with E-state index < -0.39 is 18.0 Å². The maximum atomic E-state index is 12.5. The van der Waals surface area contributed by atoms with Gasteiger partial charge in [-0.1, -0.05) is 60.7 Å². The minimum Gasteiger partial charge on any atom is -0.478 e.